The number of nitrogens with zero attached hydrogens (tertiary/aromatic N) is 1. The number of methoxy groups -OCH3 is 1. The Kier molecular flexibility index (Phi) is 8.65. The van der Waals surface area contributed by atoms with E-state index in [1.165, 1.54) is 0 Å². The number of rotatable bonds is 6. The third kappa shape index (κ3) is 5.42. The molecule has 0 aliphatic carbocycles. The molecule has 6 heteroatoms. The van der Waals surface area contributed by atoms with E-state index in [9.17, 15) is 4.79 Å². The number of halogens is 1. The van der Waals surface area contributed by atoms with Crippen LogP contribution in [0.15, 0.2) is 24.3 Å². The van der Waals surface area contributed by atoms with Crippen LogP contribution in [0.5, 0.6) is 11.5 Å². The summed E-state index contributed by atoms with van der Waals surface area (Å²) >= 11 is 0. The molecule has 2 rings (SSSR count). The van der Waals surface area contributed by atoms with Gasteiger partial charge in [-0.15, -0.1) is 12.4 Å². The molecule has 1 saturated heterocycles. The van der Waals surface area contributed by atoms with Crippen LogP contribution in [0.1, 0.15) is 25.3 Å². The molecule has 1 unspecified atom stereocenters. The maximum absolute atomic E-state index is 12.3. The highest BCUT2D eigenvalue weighted by molar-refractivity contribution is 5.85. The maximum Gasteiger partial charge on any atom is 0.260 e. The average molecular weight is 355 g/mol. The molecule has 0 radical (unpaired) electrons. The molecule has 1 amide bonds. The summed E-state index contributed by atoms with van der Waals surface area (Å²) in [7, 11) is 3.54. The number of benzene rings is 1. The highest BCUT2D eigenvalue weighted by Gasteiger charge is 2.23. The first kappa shape index (κ1) is 20.3. The summed E-state index contributed by atoms with van der Waals surface area (Å²) in [6.45, 7) is 3.55. The number of hydrogen-bond acceptors (Lipinski definition) is 4. The van der Waals surface area contributed by atoms with E-state index >= 15 is 0 Å². The second kappa shape index (κ2) is 10.2. The summed E-state index contributed by atoms with van der Waals surface area (Å²) in [4.78, 5) is 14.2. The van der Waals surface area contributed by atoms with Crippen LogP contribution in [0.2, 0.25) is 0 Å². The molecule has 1 fully saturated rings. The van der Waals surface area contributed by atoms with Crippen molar-refractivity contribution in [1.82, 2.24) is 10.2 Å². The largest absolute Gasteiger partial charge is 0.493 e. The molecule has 134 valence electrons. The monoisotopic (exact) mass is 354 g/mol. The molecule has 0 spiro atoms. The van der Waals surface area contributed by atoms with Crippen molar-refractivity contribution in [1.29, 1.82) is 0 Å². The number of allylic oxidation sites excluding steroid dienone is 1. The topological polar surface area (TPSA) is 50.8 Å². The molecule has 1 N–H and O–H groups in total. The van der Waals surface area contributed by atoms with Gasteiger partial charge < -0.3 is 19.7 Å². The summed E-state index contributed by atoms with van der Waals surface area (Å²) in [6, 6.07) is 6.06. The third-order valence-corrected chi connectivity index (χ3v) is 4.08. The highest BCUT2D eigenvalue weighted by Crippen LogP contribution is 2.28. The van der Waals surface area contributed by atoms with Gasteiger partial charge >= 0.3 is 0 Å². The van der Waals surface area contributed by atoms with Crippen LogP contribution in [0, 0.1) is 0 Å². The first-order chi connectivity index (χ1) is 11.2. The predicted octanol–water partition coefficient (Wildman–Crippen LogP) is 2.74. The first-order valence-corrected chi connectivity index (χ1v) is 8.06. The normalized spacial score (nSPS) is 17.5. The Hall–Kier alpha value is -1.72. The quantitative estimate of drug-likeness (QED) is 0.853. The molecule has 24 heavy (non-hydrogen) atoms. The van der Waals surface area contributed by atoms with Crippen LogP contribution in [0.4, 0.5) is 0 Å². The van der Waals surface area contributed by atoms with Gasteiger partial charge in [0.25, 0.3) is 5.91 Å². The van der Waals surface area contributed by atoms with Crippen LogP contribution in [-0.4, -0.2) is 50.7 Å². The Morgan fingerprint density at radius 3 is 2.88 bits per heavy atom. The Morgan fingerprint density at radius 1 is 1.42 bits per heavy atom. The predicted molar refractivity (Wildman–Crippen MR) is 99.1 cm³/mol. The maximum atomic E-state index is 12.3. The number of likely N-dealkylation sites (N-methyl/N-ethyl adjacent to an activating group) is 1. The summed E-state index contributed by atoms with van der Waals surface area (Å²) in [5.74, 6) is 1.25. The molecule has 1 atom stereocenters. The van der Waals surface area contributed by atoms with Crippen molar-refractivity contribution < 1.29 is 14.3 Å². The minimum Gasteiger partial charge on any atom is -0.493 e. The van der Waals surface area contributed by atoms with E-state index < -0.39 is 0 Å². The van der Waals surface area contributed by atoms with E-state index in [0.29, 0.717) is 17.5 Å². The molecule has 1 heterocycles. The second-order valence-electron chi connectivity index (χ2n) is 5.67. The summed E-state index contributed by atoms with van der Waals surface area (Å²) in [5.41, 5.74) is 1.04. The Balaban J connectivity index is 0.00000288. The summed E-state index contributed by atoms with van der Waals surface area (Å²) in [6.07, 6.45) is 6.09. The zero-order valence-corrected chi connectivity index (χ0v) is 15.4. The highest BCUT2D eigenvalue weighted by atomic mass is 35.5. The van der Waals surface area contributed by atoms with Crippen molar-refractivity contribution in [2.75, 3.05) is 33.9 Å². The SMILES string of the molecule is C/C=C/c1ccc(OCC(=O)N2CCCC(NC)C2)c(OC)c1.Cl. The number of hydrogen-bond donors (Lipinski definition) is 1. The van der Waals surface area contributed by atoms with Gasteiger partial charge in [-0.2, -0.15) is 0 Å². The van der Waals surface area contributed by atoms with Gasteiger partial charge in [0, 0.05) is 19.1 Å². The van der Waals surface area contributed by atoms with E-state index in [-0.39, 0.29) is 24.9 Å². The zero-order valence-electron chi connectivity index (χ0n) is 14.6. The van der Waals surface area contributed by atoms with Crippen LogP contribution in [0.3, 0.4) is 0 Å². The standard InChI is InChI=1S/C18H26N2O3.ClH/c1-4-6-14-8-9-16(17(11-14)22-3)23-13-18(21)20-10-5-7-15(12-20)19-2;/h4,6,8-9,11,15,19H,5,7,10,12-13H2,1-3H3;1H/b6-4+;. The number of amides is 1. The van der Waals surface area contributed by atoms with E-state index in [0.717, 1.165) is 31.5 Å². The molecule has 5 nitrogen and oxygen atoms in total. The van der Waals surface area contributed by atoms with Crippen molar-refractivity contribution in [3.05, 3.63) is 29.8 Å². The molecule has 0 bridgehead atoms. The lowest BCUT2D eigenvalue weighted by Crippen LogP contribution is -2.48. The van der Waals surface area contributed by atoms with Crippen molar-refractivity contribution in [2.45, 2.75) is 25.8 Å². The molecular formula is C18H27ClN2O3. The number of ether oxygens (including phenoxy) is 2. The Bertz CT molecular complexity index is 563. The van der Waals surface area contributed by atoms with E-state index in [1.54, 1.807) is 7.11 Å². The lowest BCUT2D eigenvalue weighted by atomic mass is 10.1. The van der Waals surface area contributed by atoms with Crippen molar-refractivity contribution >= 4 is 24.4 Å². The van der Waals surface area contributed by atoms with Crippen molar-refractivity contribution in [3.8, 4) is 11.5 Å². The number of carbonyl (C=O) groups is 1. The van der Waals surface area contributed by atoms with Crippen LogP contribution in [-0.2, 0) is 4.79 Å². The fourth-order valence-electron chi connectivity index (χ4n) is 2.77. The van der Waals surface area contributed by atoms with Gasteiger partial charge in [0.1, 0.15) is 0 Å². The van der Waals surface area contributed by atoms with Crippen LogP contribution >= 0.6 is 12.4 Å². The molecule has 0 saturated carbocycles. The van der Waals surface area contributed by atoms with Crippen molar-refractivity contribution in [3.63, 3.8) is 0 Å². The Labute approximate surface area is 150 Å². The fourth-order valence-corrected chi connectivity index (χ4v) is 2.77. The summed E-state index contributed by atoms with van der Waals surface area (Å²) in [5, 5.41) is 3.24. The fraction of sp³-hybridized carbons (Fsp3) is 0.500. The Morgan fingerprint density at radius 2 is 2.21 bits per heavy atom. The van der Waals surface area contributed by atoms with Gasteiger partial charge in [0.15, 0.2) is 18.1 Å². The van der Waals surface area contributed by atoms with E-state index in [4.69, 9.17) is 9.47 Å². The van der Waals surface area contributed by atoms with E-state index in [1.807, 2.05) is 49.2 Å². The minimum atomic E-state index is 0. The molecule has 1 aliphatic rings. The molecule has 0 aromatic heterocycles. The minimum absolute atomic E-state index is 0. The molecule has 1 aliphatic heterocycles. The average Bonchev–Trinajstić information content (AvgIpc) is 2.60. The zero-order chi connectivity index (χ0) is 16.7. The van der Waals surface area contributed by atoms with Crippen LogP contribution < -0.4 is 14.8 Å². The lowest BCUT2D eigenvalue weighted by molar-refractivity contribution is -0.134. The van der Waals surface area contributed by atoms with Crippen LogP contribution in [0.25, 0.3) is 6.08 Å². The van der Waals surface area contributed by atoms with E-state index in [2.05, 4.69) is 5.32 Å². The van der Waals surface area contributed by atoms with Gasteiger partial charge in [-0.05, 0) is 44.5 Å². The van der Waals surface area contributed by atoms with Gasteiger partial charge in [-0.3, -0.25) is 4.79 Å². The smallest absolute Gasteiger partial charge is 0.260 e. The molecular weight excluding hydrogens is 328 g/mol. The number of nitrogens with one attached hydrogen (secondary N) is 1. The second-order valence-corrected chi connectivity index (χ2v) is 5.67. The number of carbonyl (C=O) groups excluding carboxylic acids is 1. The third-order valence-electron chi connectivity index (χ3n) is 4.08. The van der Waals surface area contributed by atoms with Gasteiger partial charge in [0.05, 0.1) is 7.11 Å². The number of likely N-dealkylation sites (tertiary alicyclic amines) is 1. The van der Waals surface area contributed by atoms with Crippen molar-refractivity contribution in [2.24, 2.45) is 0 Å². The summed E-state index contributed by atoms with van der Waals surface area (Å²) < 4.78 is 11.0. The van der Waals surface area contributed by atoms with Gasteiger partial charge in [0.2, 0.25) is 0 Å². The molecule has 1 aromatic carbocycles. The lowest BCUT2D eigenvalue weighted by Gasteiger charge is -2.32. The van der Waals surface area contributed by atoms with Gasteiger partial charge in [-0.1, -0.05) is 18.2 Å². The molecule has 1 aromatic rings. The number of piperidine rings is 1. The van der Waals surface area contributed by atoms with Gasteiger partial charge in [-0.25, -0.2) is 0 Å². The first-order valence-electron chi connectivity index (χ1n) is 8.06.